The Hall–Kier alpha value is -2.20. The van der Waals surface area contributed by atoms with Gasteiger partial charge in [0.15, 0.2) is 5.75 Å². The van der Waals surface area contributed by atoms with Gasteiger partial charge in [0.25, 0.3) is 5.91 Å². The molecule has 3 N–H and O–H groups in total. The molecule has 0 atom stereocenters. The van der Waals surface area contributed by atoms with Crippen molar-refractivity contribution < 1.29 is 9.53 Å². The van der Waals surface area contributed by atoms with E-state index in [1.807, 2.05) is 19.1 Å². The number of ether oxygens (including phenoxy) is 1. The van der Waals surface area contributed by atoms with E-state index in [2.05, 4.69) is 5.32 Å². The Morgan fingerprint density at radius 1 is 1.24 bits per heavy atom. The second-order valence-electron chi connectivity index (χ2n) is 4.54. The number of rotatable bonds is 5. The fraction of sp³-hybridized carbons (Fsp3) is 0.188. The minimum atomic E-state index is -0.152. The van der Waals surface area contributed by atoms with E-state index < -0.39 is 0 Å². The highest BCUT2D eigenvalue weighted by molar-refractivity contribution is 6.32. The number of nitrogen functional groups attached to an aromatic ring is 1. The standard InChI is InChI=1S/C16H17ClN2O2/c1-2-9-19-16(20)11-7-8-13(18)15(10-11)21-14-6-4-3-5-12(14)17/h3-8,10H,2,9,18H2,1H3,(H,19,20). The molecule has 0 radical (unpaired) electrons. The fourth-order valence-electron chi connectivity index (χ4n) is 1.75. The first-order valence-corrected chi connectivity index (χ1v) is 7.09. The molecule has 4 nitrogen and oxygen atoms in total. The Morgan fingerprint density at radius 2 is 2.00 bits per heavy atom. The summed E-state index contributed by atoms with van der Waals surface area (Å²) in [6.07, 6.45) is 0.879. The number of benzene rings is 2. The summed E-state index contributed by atoms with van der Waals surface area (Å²) in [6.45, 7) is 2.62. The average Bonchev–Trinajstić information content (AvgIpc) is 2.49. The summed E-state index contributed by atoms with van der Waals surface area (Å²) >= 11 is 6.05. The smallest absolute Gasteiger partial charge is 0.251 e. The maximum Gasteiger partial charge on any atom is 0.251 e. The Morgan fingerprint density at radius 3 is 2.71 bits per heavy atom. The van der Waals surface area contributed by atoms with Gasteiger partial charge < -0.3 is 15.8 Å². The second-order valence-corrected chi connectivity index (χ2v) is 4.95. The summed E-state index contributed by atoms with van der Waals surface area (Å²) in [7, 11) is 0. The third kappa shape index (κ3) is 3.89. The number of nitrogens with one attached hydrogen (secondary N) is 1. The van der Waals surface area contributed by atoms with Crippen molar-refractivity contribution >= 4 is 23.2 Å². The molecule has 0 aliphatic heterocycles. The topological polar surface area (TPSA) is 64.4 Å². The summed E-state index contributed by atoms with van der Waals surface area (Å²) in [5.74, 6) is 0.755. The lowest BCUT2D eigenvalue weighted by molar-refractivity contribution is 0.0953. The quantitative estimate of drug-likeness (QED) is 0.825. The average molecular weight is 305 g/mol. The molecule has 2 aromatic carbocycles. The van der Waals surface area contributed by atoms with Gasteiger partial charge in [-0.3, -0.25) is 4.79 Å². The predicted molar refractivity (Wildman–Crippen MR) is 85.0 cm³/mol. The Labute approximate surface area is 128 Å². The lowest BCUT2D eigenvalue weighted by atomic mass is 10.1. The van der Waals surface area contributed by atoms with Crippen molar-refractivity contribution in [1.29, 1.82) is 0 Å². The number of halogens is 1. The summed E-state index contributed by atoms with van der Waals surface area (Å²) in [5.41, 5.74) is 6.83. The van der Waals surface area contributed by atoms with E-state index in [0.717, 1.165) is 6.42 Å². The first-order chi connectivity index (χ1) is 10.1. The number of amides is 1. The van der Waals surface area contributed by atoms with Crippen LogP contribution in [0.3, 0.4) is 0 Å². The lowest BCUT2D eigenvalue weighted by Crippen LogP contribution is -2.23. The maximum absolute atomic E-state index is 12.0. The van der Waals surface area contributed by atoms with Crippen LogP contribution in [0.25, 0.3) is 0 Å². The third-order valence-electron chi connectivity index (χ3n) is 2.87. The number of anilines is 1. The van der Waals surface area contributed by atoms with Crippen molar-refractivity contribution in [3.63, 3.8) is 0 Å². The van der Waals surface area contributed by atoms with Crippen LogP contribution in [0.15, 0.2) is 42.5 Å². The van der Waals surface area contributed by atoms with Crippen molar-refractivity contribution in [2.75, 3.05) is 12.3 Å². The number of carbonyl (C=O) groups is 1. The van der Waals surface area contributed by atoms with Crippen LogP contribution in [0.5, 0.6) is 11.5 Å². The Kier molecular flexibility index (Phi) is 5.06. The van der Waals surface area contributed by atoms with E-state index in [9.17, 15) is 4.79 Å². The highest BCUT2D eigenvalue weighted by Gasteiger charge is 2.10. The summed E-state index contributed by atoms with van der Waals surface area (Å²) in [4.78, 5) is 12.0. The number of nitrogens with two attached hydrogens (primary N) is 1. The molecular formula is C16H17ClN2O2. The van der Waals surface area contributed by atoms with Gasteiger partial charge in [-0.2, -0.15) is 0 Å². The highest BCUT2D eigenvalue weighted by Crippen LogP contribution is 2.32. The zero-order chi connectivity index (χ0) is 15.2. The molecule has 0 aliphatic rings. The van der Waals surface area contributed by atoms with Gasteiger partial charge in [0, 0.05) is 12.1 Å². The predicted octanol–water partition coefficient (Wildman–Crippen LogP) is 3.85. The third-order valence-corrected chi connectivity index (χ3v) is 3.18. The van der Waals surface area contributed by atoms with Crippen LogP contribution < -0.4 is 15.8 Å². The van der Waals surface area contributed by atoms with E-state index in [1.54, 1.807) is 30.3 Å². The molecule has 2 aromatic rings. The molecule has 0 spiro atoms. The lowest BCUT2D eigenvalue weighted by Gasteiger charge is -2.11. The van der Waals surface area contributed by atoms with Crippen LogP contribution >= 0.6 is 11.6 Å². The maximum atomic E-state index is 12.0. The van der Waals surface area contributed by atoms with E-state index >= 15 is 0 Å². The van der Waals surface area contributed by atoms with Gasteiger partial charge in [-0.1, -0.05) is 30.7 Å². The van der Waals surface area contributed by atoms with Crippen LogP contribution in [0.2, 0.25) is 5.02 Å². The van der Waals surface area contributed by atoms with Gasteiger partial charge in [0.1, 0.15) is 5.75 Å². The molecule has 0 fully saturated rings. The number of carbonyl (C=O) groups excluding carboxylic acids is 1. The van der Waals surface area contributed by atoms with E-state index in [0.29, 0.717) is 34.3 Å². The van der Waals surface area contributed by atoms with Gasteiger partial charge in [-0.25, -0.2) is 0 Å². The van der Waals surface area contributed by atoms with E-state index in [-0.39, 0.29) is 5.91 Å². The van der Waals surface area contributed by atoms with E-state index in [1.165, 1.54) is 0 Å². The summed E-state index contributed by atoms with van der Waals surface area (Å²) in [6, 6.07) is 12.0. The Balaban J connectivity index is 2.23. The second kappa shape index (κ2) is 6.99. The molecule has 5 heteroatoms. The van der Waals surface area contributed by atoms with Crippen molar-refractivity contribution in [2.24, 2.45) is 0 Å². The molecule has 2 rings (SSSR count). The van der Waals surface area contributed by atoms with Gasteiger partial charge in [-0.15, -0.1) is 0 Å². The SMILES string of the molecule is CCCNC(=O)c1ccc(N)c(Oc2ccccc2Cl)c1. The largest absolute Gasteiger partial charge is 0.454 e. The molecule has 0 aliphatic carbocycles. The zero-order valence-corrected chi connectivity index (χ0v) is 12.5. The zero-order valence-electron chi connectivity index (χ0n) is 11.7. The van der Waals surface area contributed by atoms with E-state index in [4.69, 9.17) is 22.1 Å². The molecule has 0 aromatic heterocycles. The first kappa shape index (κ1) is 15.2. The van der Waals surface area contributed by atoms with Crippen LogP contribution in [-0.2, 0) is 0 Å². The number of hydrogen-bond acceptors (Lipinski definition) is 3. The van der Waals surface area contributed by atoms with Crippen LogP contribution in [0.1, 0.15) is 23.7 Å². The molecule has 21 heavy (non-hydrogen) atoms. The summed E-state index contributed by atoms with van der Waals surface area (Å²) in [5, 5.41) is 3.29. The van der Waals surface area contributed by atoms with Crippen molar-refractivity contribution in [3.05, 3.63) is 53.1 Å². The fourth-order valence-corrected chi connectivity index (χ4v) is 1.92. The normalized spacial score (nSPS) is 10.2. The van der Waals surface area contributed by atoms with Crippen LogP contribution in [0, 0.1) is 0 Å². The van der Waals surface area contributed by atoms with Crippen molar-refractivity contribution in [3.8, 4) is 11.5 Å². The molecule has 0 saturated heterocycles. The molecule has 0 unspecified atom stereocenters. The van der Waals surface area contributed by atoms with Crippen molar-refractivity contribution in [2.45, 2.75) is 13.3 Å². The van der Waals surface area contributed by atoms with Crippen LogP contribution in [-0.4, -0.2) is 12.5 Å². The monoisotopic (exact) mass is 304 g/mol. The summed E-state index contributed by atoms with van der Waals surface area (Å²) < 4.78 is 5.70. The van der Waals surface area contributed by atoms with Crippen LogP contribution in [0.4, 0.5) is 5.69 Å². The van der Waals surface area contributed by atoms with Gasteiger partial charge in [0.2, 0.25) is 0 Å². The van der Waals surface area contributed by atoms with Crippen molar-refractivity contribution in [1.82, 2.24) is 5.32 Å². The molecule has 110 valence electrons. The molecule has 0 saturated carbocycles. The molecule has 0 bridgehead atoms. The molecular weight excluding hydrogens is 288 g/mol. The highest BCUT2D eigenvalue weighted by atomic mass is 35.5. The number of hydrogen-bond donors (Lipinski definition) is 2. The molecule has 0 heterocycles. The van der Waals surface area contributed by atoms with Gasteiger partial charge in [0.05, 0.1) is 10.7 Å². The van der Waals surface area contributed by atoms with Gasteiger partial charge >= 0.3 is 0 Å². The minimum Gasteiger partial charge on any atom is -0.454 e. The minimum absolute atomic E-state index is 0.152. The number of para-hydroxylation sites is 1. The molecule has 1 amide bonds. The Bertz CT molecular complexity index is 644. The first-order valence-electron chi connectivity index (χ1n) is 6.72. The van der Waals surface area contributed by atoms with Gasteiger partial charge in [-0.05, 0) is 36.8 Å².